The predicted molar refractivity (Wildman–Crippen MR) is 62.0 cm³/mol. The largest absolute Gasteiger partial charge is 0.496 e. The molecule has 92 valence electrons. The van der Waals surface area contributed by atoms with Crippen LogP contribution in [0.15, 0.2) is 18.2 Å². The summed E-state index contributed by atoms with van der Waals surface area (Å²) in [5, 5.41) is 0. The van der Waals surface area contributed by atoms with Crippen LogP contribution in [0.4, 0.5) is 0 Å². The lowest BCUT2D eigenvalue weighted by atomic mass is 9.96. The fourth-order valence-corrected chi connectivity index (χ4v) is 2.07. The summed E-state index contributed by atoms with van der Waals surface area (Å²) in [6.45, 7) is 2.65. The van der Waals surface area contributed by atoms with E-state index in [-0.39, 0.29) is 5.97 Å². The molecule has 1 aliphatic heterocycles. The molecule has 1 aromatic carbocycles. The molecule has 0 amide bonds. The minimum Gasteiger partial charge on any atom is -0.496 e. The molecule has 1 aromatic rings. The van der Waals surface area contributed by atoms with Crippen molar-refractivity contribution in [2.45, 2.75) is 19.4 Å². The summed E-state index contributed by atoms with van der Waals surface area (Å²) in [6, 6.07) is 5.64. The Balaban J connectivity index is 2.34. The Morgan fingerprint density at radius 3 is 3.06 bits per heavy atom. The Morgan fingerprint density at radius 2 is 2.35 bits per heavy atom. The van der Waals surface area contributed by atoms with E-state index in [1.807, 2.05) is 18.2 Å². The third-order valence-electron chi connectivity index (χ3n) is 2.81. The van der Waals surface area contributed by atoms with Crippen LogP contribution in [0.25, 0.3) is 0 Å². The molecule has 0 fully saturated rings. The number of ether oxygens (including phenoxy) is 3. The molecule has 0 saturated carbocycles. The lowest BCUT2D eigenvalue weighted by molar-refractivity contribution is -0.158. The molecule has 1 aliphatic rings. The Bertz CT molecular complexity index is 414. The lowest BCUT2D eigenvalue weighted by Crippen LogP contribution is -2.25. The number of esters is 1. The number of carbonyl (C=O) groups is 1. The summed E-state index contributed by atoms with van der Waals surface area (Å²) in [5.74, 6) is 0.474. The van der Waals surface area contributed by atoms with E-state index in [1.54, 1.807) is 14.0 Å². The average Bonchev–Trinajstić information content (AvgIpc) is 2.37. The molecule has 17 heavy (non-hydrogen) atoms. The van der Waals surface area contributed by atoms with Crippen LogP contribution in [-0.2, 0) is 20.7 Å². The summed E-state index contributed by atoms with van der Waals surface area (Å²) in [5.41, 5.74) is 1.90. The van der Waals surface area contributed by atoms with Gasteiger partial charge in [-0.2, -0.15) is 0 Å². The van der Waals surface area contributed by atoms with Crippen molar-refractivity contribution in [3.8, 4) is 5.75 Å². The topological polar surface area (TPSA) is 44.8 Å². The highest BCUT2D eigenvalue weighted by atomic mass is 16.6. The number of carbonyl (C=O) groups excluding carboxylic acids is 1. The van der Waals surface area contributed by atoms with Gasteiger partial charge >= 0.3 is 5.97 Å². The zero-order chi connectivity index (χ0) is 12.3. The van der Waals surface area contributed by atoms with E-state index >= 15 is 0 Å². The van der Waals surface area contributed by atoms with Gasteiger partial charge in [0.25, 0.3) is 0 Å². The standard InChI is InChI=1S/C13H16O4/c1-3-16-13(14)12-10-5-4-6-11(15-2)9(10)7-8-17-12/h4-6,12H,3,7-8H2,1-2H3/t12-/m0/s1. The quantitative estimate of drug-likeness (QED) is 0.751. The third-order valence-corrected chi connectivity index (χ3v) is 2.81. The van der Waals surface area contributed by atoms with E-state index in [4.69, 9.17) is 14.2 Å². The summed E-state index contributed by atoms with van der Waals surface area (Å²) >= 11 is 0. The third kappa shape index (κ3) is 2.26. The van der Waals surface area contributed by atoms with Crippen LogP contribution in [0.3, 0.4) is 0 Å². The maximum absolute atomic E-state index is 11.8. The van der Waals surface area contributed by atoms with Crippen molar-refractivity contribution < 1.29 is 19.0 Å². The van der Waals surface area contributed by atoms with E-state index in [0.29, 0.717) is 13.2 Å². The van der Waals surface area contributed by atoms with Gasteiger partial charge in [0.2, 0.25) is 0 Å². The van der Waals surface area contributed by atoms with Crippen molar-refractivity contribution in [3.63, 3.8) is 0 Å². The first-order valence-electron chi connectivity index (χ1n) is 5.72. The van der Waals surface area contributed by atoms with Gasteiger partial charge < -0.3 is 14.2 Å². The summed E-state index contributed by atoms with van der Waals surface area (Å²) in [6.07, 6.45) is 0.142. The van der Waals surface area contributed by atoms with Gasteiger partial charge in [-0.05, 0) is 25.0 Å². The first-order valence-corrected chi connectivity index (χ1v) is 5.72. The summed E-state index contributed by atoms with van der Waals surface area (Å²) in [4.78, 5) is 11.8. The fourth-order valence-electron chi connectivity index (χ4n) is 2.07. The molecule has 4 heteroatoms. The second-order valence-electron chi connectivity index (χ2n) is 3.78. The number of rotatable bonds is 3. The van der Waals surface area contributed by atoms with Crippen LogP contribution in [0.1, 0.15) is 24.2 Å². The van der Waals surface area contributed by atoms with Gasteiger partial charge in [-0.1, -0.05) is 12.1 Å². The van der Waals surface area contributed by atoms with Crippen LogP contribution in [0.2, 0.25) is 0 Å². The van der Waals surface area contributed by atoms with Gasteiger partial charge in [-0.25, -0.2) is 4.79 Å². The number of hydrogen-bond acceptors (Lipinski definition) is 4. The SMILES string of the molecule is CCOC(=O)[C@H]1OCCc2c(OC)cccc21. The molecule has 0 aromatic heterocycles. The predicted octanol–water partition coefficient (Wildman–Crippen LogP) is 1.87. The van der Waals surface area contributed by atoms with E-state index in [0.717, 1.165) is 23.3 Å². The molecule has 0 aliphatic carbocycles. The molecule has 0 unspecified atom stereocenters. The zero-order valence-electron chi connectivity index (χ0n) is 10.1. The van der Waals surface area contributed by atoms with Gasteiger partial charge in [0.05, 0.1) is 20.3 Å². The van der Waals surface area contributed by atoms with Crippen molar-refractivity contribution in [2.24, 2.45) is 0 Å². The highest BCUT2D eigenvalue weighted by Crippen LogP contribution is 2.33. The van der Waals surface area contributed by atoms with Gasteiger partial charge in [0.15, 0.2) is 6.10 Å². The summed E-state index contributed by atoms with van der Waals surface area (Å²) in [7, 11) is 1.63. The molecule has 0 spiro atoms. The van der Waals surface area contributed by atoms with E-state index in [2.05, 4.69) is 0 Å². The molecule has 2 rings (SSSR count). The minimum absolute atomic E-state index is 0.332. The highest BCUT2D eigenvalue weighted by molar-refractivity contribution is 5.77. The van der Waals surface area contributed by atoms with E-state index in [9.17, 15) is 4.79 Å². The summed E-state index contributed by atoms with van der Waals surface area (Å²) < 4.78 is 15.8. The van der Waals surface area contributed by atoms with Crippen LogP contribution >= 0.6 is 0 Å². The first-order chi connectivity index (χ1) is 8.27. The number of methoxy groups -OCH3 is 1. The minimum atomic E-state index is -0.617. The smallest absolute Gasteiger partial charge is 0.339 e. The second kappa shape index (κ2) is 5.19. The van der Waals surface area contributed by atoms with Gasteiger partial charge in [0.1, 0.15) is 5.75 Å². The highest BCUT2D eigenvalue weighted by Gasteiger charge is 2.30. The molecule has 1 heterocycles. The maximum Gasteiger partial charge on any atom is 0.339 e. The van der Waals surface area contributed by atoms with Gasteiger partial charge in [-0.3, -0.25) is 0 Å². The Morgan fingerprint density at radius 1 is 1.53 bits per heavy atom. The lowest BCUT2D eigenvalue weighted by Gasteiger charge is -2.25. The van der Waals surface area contributed by atoms with Crippen molar-refractivity contribution in [1.29, 1.82) is 0 Å². The van der Waals surface area contributed by atoms with Crippen LogP contribution in [-0.4, -0.2) is 26.3 Å². The van der Waals surface area contributed by atoms with Crippen molar-refractivity contribution in [3.05, 3.63) is 29.3 Å². The average molecular weight is 236 g/mol. The molecule has 0 saturated heterocycles. The molecule has 0 N–H and O–H groups in total. The monoisotopic (exact) mass is 236 g/mol. The van der Waals surface area contributed by atoms with Crippen molar-refractivity contribution in [1.82, 2.24) is 0 Å². The normalized spacial score (nSPS) is 18.4. The molecular weight excluding hydrogens is 220 g/mol. The van der Waals surface area contributed by atoms with Crippen LogP contribution in [0, 0.1) is 0 Å². The Hall–Kier alpha value is -1.55. The van der Waals surface area contributed by atoms with Crippen molar-refractivity contribution >= 4 is 5.97 Å². The Labute approximate surface area is 100 Å². The van der Waals surface area contributed by atoms with Crippen molar-refractivity contribution in [2.75, 3.05) is 20.3 Å². The van der Waals surface area contributed by atoms with Crippen LogP contribution < -0.4 is 4.74 Å². The van der Waals surface area contributed by atoms with E-state index in [1.165, 1.54) is 0 Å². The molecule has 0 radical (unpaired) electrons. The number of hydrogen-bond donors (Lipinski definition) is 0. The molecule has 4 nitrogen and oxygen atoms in total. The zero-order valence-corrected chi connectivity index (χ0v) is 10.1. The maximum atomic E-state index is 11.8. The first kappa shape index (κ1) is 11.9. The van der Waals surface area contributed by atoms with Gasteiger partial charge in [-0.15, -0.1) is 0 Å². The fraction of sp³-hybridized carbons (Fsp3) is 0.462. The number of benzene rings is 1. The number of fused-ring (bicyclic) bond motifs is 1. The molecular formula is C13H16O4. The second-order valence-corrected chi connectivity index (χ2v) is 3.78. The Kier molecular flexibility index (Phi) is 3.64. The van der Waals surface area contributed by atoms with E-state index < -0.39 is 6.10 Å². The van der Waals surface area contributed by atoms with Crippen LogP contribution in [0.5, 0.6) is 5.75 Å². The van der Waals surface area contributed by atoms with Gasteiger partial charge in [0, 0.05) is 5.56 Å². The molecule has 0 bridgehead atoms. The molecule has 1 atom stereocenters.